The van der Waals surface area contributed by atoms with Crippen LogP contribution in [0.25, 0.3) is 22.3 Å². The molecule has 0 aliphatic rings. The molecule has 2 unspecified atom stereocenters. The number of ether oxygens (including phenoxy) is 1. The molecule has 14 nitrogen and oxygen atoms in total. The molecule has 2 heterocycles. The van der Waals surface area contributed by atoms with Crippen LogP contribution in [0.3, 0.4) is 0 Å². The number of pyridine rings is 2. The third-order valence-electron chi connectivity index (χ3n) is 15.8. The van der Waals surface area contributed by atoms with E-state index in [1.807, 2.05) is 0 Å². The highest BCUT2D eigenvalue weighted by atomic mass is 19.4. The van der Waals surface area contributed by atoms with E-state index < -0.39 is 119 Å². The summed E-state index contributed by atoms with van der Waals surface area (Å²) in [4.78, 5) is 82.4. The molecule has 0 aliphatic carbocycles. The number of aromatic nitrogens is 2. The van der Waals surface area contributed by atoms with Gasteiger partial charge in [-0.15, -0.1) is 0 Å². The molecule has 0 radical (unpaired) electrons. The molecule has 6 rings (SSSR count). The summed E-state index contributed by atoms with van der Waals surface area (Å²) in [6.07, 6.45) is -8.67. The van der Waals surface area contributed by atoms with Crippen LogP contribution in [-0.2, 0) is 49.1 Å². The highest BCUT2D eigenvalue weighted by Gasteiger charge is 2.38. The summed E-state index contributed by atoms with van der Waals surface area (Å²) in [7, 11) is 6.79. The lowest BCUT2D eigenvalue weighted by Gasteiger charge is -2.27. The van der Waals surface area contributed by atoms with Crippen molar-refractivity contribution >= 4 is 23.8 Å². The van der Waals surface area contributed by atoms with Gasteiger partial charge in [0.05, 0.1) is 42.7 Å². The van der Waals surface area contributed by atoms with Crippen LogP contribution in [0, 0.1) is 76.6 Å². The Kier molecular flexibility index (Phi) is 26.4. The zero-order valence-electron chi connectivity index (χ0n) is 55.6. The number of hydrogen-bond donors (Lipinski definition) is 3. The fraction of sp³-hybridized carbons (Fsp3) is 0.457. The van der Waals surface area contributed by atoms with E-state index in [4.69, 9.17) is 4.74 Å². The number of alkyl halides is 6. The fourth-order valence-electron chi connectivity index (χ4n) is 11.6. The van der Waals surface area contributed by atoms with Gasteiger partial charge in [0.15, 0.2) is 0 Å². The summed E-state index contributed by atoms with van der Waals surface area (Å²) in [6, 6.07) is 7.07. The number of carboxylic acid groups (broad SMARTS) is 1. The first kappa shape index (κ1) is 76.6. The molecular weight excluding hydrogens is 1240 g/mol. The van der Waals surface area contributed by atoms with E-state index in [1.54, 1.807) is 112 Å². The molecule has 0 saturated heterocycles. The summed E-state index contributed by atoms with van der Waals surface area (Å²) in [5.41, 5.74) is 0.227. The van der Waals surface area contributed by atoms with Gasteiger partial charge in [-0.3, -0.25) is 28.8 Å². The lowest BCUT2D eigenvalue weighted by Crippen LogP contribution is -2.41. The quantitative estimate of drug-likeness (QED) is 0.0370. The second-order valence-corrected chi connectivity index (χ2v) is 25.3. The van der Waals surface area contributed by atoms with Crippen LogP contribution in [0.1, 0.15) is 151 Å². The second kappa shape index (κ2) is 32.3. The topological polar surface area (TPSA) is 172 Å². The molecule has 4 atom stereocenters. The van der Waals surface area contributed by atoms with Crippen molar-refractivity contribution in [2.24, 2.45) is 11.8 Å². The lowest BCUT2D eigenvalue weighted by molar-refractivity contribution is -0.144. The Morgan fingerprint density at radius 1 is 0.532 bits per heavy atom. The third kappa shape index (κ3) is 20.2. The number of nitrogens with zero attached hydrogens (tertiary/aromatic N) is 4. The Labute approximate surface area is 541 Å². The molecule has 6 aromatic rings. The third-order valence-corrected chi connectivity index (χ3v) is 15.8. The molecule has 2 amide bonds. The van der Waals surface area contributed by atoms with Crippen LogP contribution in [0.15, 0.2) is 82.6 Å². The molecule has 0 fully saturated rings. The van der Waals surface area contributed by atoms with E-state index in [1.165, 1.54) is 50.2 Å². The first-order valence-electron chi connectivity index (χ1n) is 30.7. The van der Waals surface area contributed by atoms with E-state index in [2.05, 4.69) is 10.6 Å². The van der Waals surface area contributed by atoms with Crippen LogP contribution < -0.4 is 21.8 Å². The maximum atomic E-state index is 15.9. The van der Waals surface area contributed by atoms with Crippen LogP contribution in [0.4, 0.5) is 43.9 Å². The molecule has 0 saturated carbocycles. The summed E-state index contributed by atoms with van der Waals surface area (Å²) < 4.78 is 150. The van der Waals surface area contributed by atoms with Gasteiger partial charge in [-0.2, -0.15) is 26.3 Å². The molecule has 0 spiro atoms. The van der Waals surface area contributed by atoms with Crippen LogP contribution >= 0.6 is 0 Å². The second-order valence-electron chi connectivity index (χ2n) is 25.3. The van der Waals surface area contributed by atoms with Gasteiger partial charge in [-0.25, -0.2) is 17.6 Å². The minimum atomic E-state index is -4.80. The van der Waals surface area contributed by atoms with Crippen LogP contribution in [-0.4, -0.2) is 95.7 Å². The average Bonchev–Trinajstić information content (AvgIpc) is 0.806. The van der Waals surface area contributed by atoms with Crippen LogP contribution in [0.5, 0.6) is 0 Å². The van der Waals surface area contributed by atoms with E-state index >= 15 is 8.78 Å². The minimum absolute atomic E-state index is 0.0273. The minimum Gasteiger partial charge on any atom is -0.481 e. The van der Waals surface area contributed by atoms with Crippen molar-refractivity contribution in [3.05, 3.63) is 184 Å². The molecule has 0 bridgehead atoms. The Hall–Kier alpha value is -8.12. The molecule has 2 aromatic heterocycles. The molecule has 3 N–H and O–H groups in total. The van der Waals surface area contributed by atoms with Gasteiger partial charge < -0.3 is 39.4 Å². The van der Waals surface area contributed by atoms with Crippen molar-refractivity contribution in [2.75, 3.05) is 47.9 Å². The molecule has 4 aromatic carbocycles. The lowest BCUT2D eigenvalue weighted by atomic mass is 9.90. The zero-order chi connectivity index (χ0) is 70.8. The first-order chi connectivity index (χ1) is 43.6. The van der Waals surface area contributed by atoms with Gasteiger partial charge in [0.1, 0.15) is 35.4 Å². The summed E-state index contributed by atoms with van der Waals surface area (Å²) >= 11 is 0. The predicted molar refractivity (Wildman–Crippen MR) is 340 cm³/mol. The van der Waals surface area contributed by atoms with Crippen LogP contribution in [0.2, 0.25) is 0 Å². The smallest absolute Gasteiger partial charge is 0.416 e. The number of carbonyl (C=O) groups is 4. The predicted octanol–water partition coefficient (Wildman–Crippen LogP) is 14.0. The molecule has 512 valence electrons. The summed E-state index contributed by atoms with van der Waals surface area (Å²) in [6.45, 7) is 19.0. The summed E-state index contributed by atoms with van der Waals surface area (Å²) in [5, 5.41) is 15.0. The Morgan fingerprint density at radius 2 is 0.872 bits per heavy atom. The number of nitrogens with one attached hydrogen (secondary N) is 2. The molecule has 24 heteroatoms. The van der Waals surface area contributed by atoms with Gasteiger partial charge in [0, 0.05) is 48.7 Å². The van der Waals surface area contributed by atoms with E-state index in [9.17, 15) is 69.0 Å². The number of carboxylic acids is 1. The normalized spacial score (nSPS) is 13.2. The van der Waals surface area contributed by atoms with Gasteiger partial charge in [0.2, 0.25) is 11.8 Å². The van der Waals surface area contributed by atoms with Crippen molar-refractivity contribution < 1.29 is 72.9 Å². The highest BCUT2D eigenvalue weighted by Crippen LogP contribution is 2.38. The molecule has 94 heavy (non-hydrogen) atoms. The number of aliphatic carboxylic acids is 1. The number of amides is 2. The Balaban J connectivity index is 0.000000341. The highest BCUT2D eigenvalue weighted by molar-refractivity contribution is 5.83. The SMILES string of the molecule is CCOC(=O)C[C@H](NC(=O)C(CC(C)C)n1cc(CCN(C)C)c(C(F)(F)F)cc1=O)c1cc(-c2c(C)cc(F)cc2C)cc(C)c1F.Cc1cc(-c2c(C)cc(F)cc2C)cc([C@H](CC(=O)O)NC(=O)C(CC(C)C)n2cc(CCN(C)C)c(C(F)(F)F)cc2=O)c1F. The number of hydrogen-bond acceptors (Lipinski definition) is 9. The average molecular weight is 1330 g/mol. The molecular formula is C70H84F10N6O8. The van der Waals surface area contributed by atoms with Gasteiger partial charge in [-0.05, 0) is 229 Å². The van der Waals surface area contributed by atoms with Crippen molar-refractivity contribution in [2.45, 2.75) is 151 Å². The number of benzene rings is 4. The maximum Gasteiger partial charge on any atom is 0.416 e. The number of halogens is 10. The standard InChI is InChI=1S/C36H44F5N3O4.C34H40F5N3O4/c1-9-48-32(46)18-29(27-16-25(13-23(6)34(27)38)33-21(4)14-26(37)15-22(33)5)42-35(47)30(12-20(2)3)44-19-24(10-11-43(7)8)28(17-31(44)45)36(39,40)41;1-18(2)10-28(42-17-22(8-9-41(6)7)26(15-29(42)43)34(37,38)39)33(46)40-27(16-30(44)45)25-14-23(11-21(5)32(25)36)31-19(3)12-24(35)13-20(31)4/h13-17,19-20,29-30H,9-12,18H2,1-8H3,(H,42,47);11-15,17-18,27-28H,8-10,16H2,1-7H3,(H,40,46)(H,44,45)/t29-,30?;27-,28?/m00/s1. The Morgan fingerprint density at radius 3 is 1.17 bits per heavy atom. The maximum absolute atomic E-state index is 15.9. The van der Waals surface area contributed by atoms with Gasteiger partial charge in [-0.1, -0.05) is 27.7 Å². The largest absolute Gasteiger partial charge is 0.481 e. The fourth-order valence-corrected chi connectivity index (χ4v) is 11.6. The zero-order valence-corrected chi connectivity index (χ0v) is 55.6. The van der Waals surface area contributed by atoms with Crippen molar-refractivity contribution in [1.82, 2.24) is 29.6 Å². The van der Waals surface area contributed by atoms with Crippen molar-refractivity contribution in [1.29, 1.82) is 0 Å². The summed E-state index contributed by atoms with van der Waals surface area (Å²) in [5.74, 6) is -6.43. The van der Waals surface area contributed by atoms with E-state index in [-0.39, 0.29) is 90.6 Å². The molecule has 0 aliphatic heterocycles. The number of aryl methyl sites for hydroxylation is 6. The Bertz CT molecular complexity index is 3810. The monoisotopic (exact) mass is 1330 g/mol. The first-order valence-corrected chi connectivity index (χ1v) is 30.7. The van der Waals surface area contributed by atoms with Crippen molar-refractivity contribution in [3.8, 4) is 22.3 Å². The number of rotatable bonds is 25. The number of esters is 1. The van der Waals surface area contributed by atoms with E-state index in [0.717, 1.165) is 21.5 Å². The van der Waals surface area contributed by atoms with E-state index in [0.29, 0.717) is 56.6 Å². The van der Waals surface area contributed by atoms with Crippen molar-refractivity contribution in [3.63, 3.8) is 0 Å². The van der Waals surface area contributed by atoms with Gasteiger partial charge >= 0.3 is 24.3 Å². The number of likely N-dealkylation sites (N-methyl/N-ethyl adjacent to an activating group) is 2. The van der Waals surface area contributed by atoms with Gasteiger partial charge in [0.25, 0.3) is 11.1 Å². The number of carbonyl (C=O) groups excluding carboxylic acids is 3.